The third kappa shape index (κ3) is 8.74. The van der Waals surface area contributed by atoms with Crippen molar-refractivity contribution in [3.05, 3.63) is 22.5 Å². The molecule has 0 bridgehead atoms. The van der Waals surface area contributed by atoms with Crippen LogP contribution in [0.1, 0.15) is 19.8 Å². The highest BCUT2D eigenvalue weighted by molar-refractivity contribution is 4.72. The van der Waals surface area contributed by atoms with E-state index in [0.717, 1.165) is 19.4 Å². The zero-order valence-electron chi connectivity index (χ0n) is 6.54. The van der Waals surface area contributed by atoms with Crippen molar-refractivity contribution in [2.75, 3.05) is 6.54 Å². The predicted octanol–water partition coefficient (Wildman–Crippen LogP) is 0.629. The molecule has 0 aromatic rings. The molecule has 5 heteroatoms. The lowest BCUT2D eigenvalue weighted by Gasteiger charge is -1.95. The van der Waals surface area contributed by atoms with Crippen LogP contribution in [-0.2, 0) is 0 Å². The standard InChI is InChI=1S/C6H13N3O2/c1-2-3-4-7-5-6-8-9(10)11/h5-8H,2-4H2,1H3. The Labute approximate surface area is 65.6 Å². The number of nitro groups is 1. The van der Waals surface area contributed by atoms with Crippen LogP contribution in [0.3, 0.4) is 0 Å². The summed E-state index contributed by atoms with van der Waals surface area (Å²) in [4.78, 5) is 9.70. The molecule has 0 aliphatic carbocycles. The van der Waals surface area contributed by atoms with Gasteiger partial charge in [0.05, 0.1) is 6.20 Å². The molecule has 0 aromatic carbocycles. The fourth-order valence-corrected chi connectivity index (χ4v) is 0.519. The average molecular weight is 159 g/mol. The van der Waals surface area contributed by atoms with Crippen LogP contribution in [0.15, 0.2) is 12.4 Å². The van der Waals surface area contributed by atoms with Gasteiger partial charge in [0.25, 0.3) is 0 Å². The molecule has 64 valence electrons. The first-order valence-corrected chi connectivity index (χ1v) is 3.56. The molecule has 0 rings (SSSR count). The van der Waals surface area contributed by atoms with Gasteiger partial charge in [0.15, 0.2) is 5.03 Å². The van der Waals surface area contributed by atoms with Crippen LogP contribution in [0.5, 0.6) is 0 Å². The van der Waals surface area contributed by atoms with Gasteiger partial charge in [0.1, 0.15) is 0 Å². The monoisotopic (exact) mass is 159 g/mol. The van der Waals surface area contributed by atoms with Gasteiger partial charge in [0.2, 0.25) is 0 Å². The van der Waals surface area contributed by atoms with Gasteiger partial charge >= 0.3 is 0 Å². The minimum absolute atomic E-state index is 0.613. The topological polar surface area (TPSA) is 67.2 Å². The second kappa shape index (κ2) is 6.85. The van der Waals surface area contributed by atoms with Crippen molar-refractivity contribution in [1.82, 2.24) is 10.7 Å². The van der Waals surface area contributed by atoms with Crippen LogP contribution in [0.4, 0.5) is 0 Å². The average Bonchev–Trinajstić information content (AvgIpc) is 1.96. The molecule has 0 saturated carbocycles. The summed E-state index contributed by atoms with van der Waals surface area (Å²) < 4.78 is 0. The van der Waals surface area contributed by atoms with Crippen molar-refractivity contribution in [2.45, 2.75) is 19.8 Å². The Kier molecular flexibility index (Phi) is 6.07. The van der Waals surface area contributed by atoms with E-state index in [1.807, 2.05) is 5.43 Å². The van der Waals surface area contributed by atoms with E-state index in [4.69, 9.17) is 0 Å². The van der Waals surface area contributed by atoms with Gasteiger partial charge in [-0.2, -0.15) is 0 Å². The van der Waals surface area contributed by atoms with Crippen molar-refractivity contribution in [3.8, 4) is 0 Å². The van der Waals surface area contributed by atoms with E-state index < -0.39 is 5.03 Å². The fourth-order valence-electron chi connectivity index (χ4n) is 0.519. The molecule has 0 aromatic heterocycles. The molecule has 0 saturated heterocycles. The molecule has 0 atom stereocenters. The molecule has 0 spiro atoms. The number of nitrogens with zero attached hydrogens (tertiary/aromatic N) is 1. The maximum atomic E-state index is 9.70. The highest BCUT2D eigenvalue weighted by Crippen LogP contribution is 1.81. The molecule has 0 unspecified atom stereocenters. The third-order valence-electron chi connectivity index (χ3n) is 1.06. The fraction of sp³-hybridized carbons (Fsp3) is 0.667. The van der Waals surface area contributed by atoms with Crippen LogP contribution in [-0.4, -0.2) is 11.6 Å². The van der Waals surface area contributed by atoms with Gasteiger partial charge in [-0.1, -0.05) is 13.3 Å². The molecule has 2 N–H and O–H groups in total. The number of hydrazine groups is 1. The summed E-state index contributed by atoms with van der Waals surface area (Å²) in [6.45, 7) is 2.94. The largest absolute Gasteiger partial charge is 0.390 e. The van der Waals surface area contributed by atoms with E-state index in [9.17, 15) is 10.1 Å². The quantitative estimate of drug-likeness (QED) is 0.339. The summed E-state index contributed by atoms with van der Waals surface area (Å²) in [6, 6.07) is 0. The van der Waals surface area contributed by atoms with E-state index in [-0.39, 0.29) is 0 Å². The summed E-state index contributed by atoms with van der Waals surface area (Å²) in [6.07, 6.45) is 4.97. The van der Waals surface area contributed by atoms with Crippen LogP contribution in [0, 0.1) is 10.1 Å². The lowest BCUT2D eigenvalue weighted by atomic mass is 10.3. The SMILES string of the molecule is CCCCNC=CN[N+](=O)[O-]. The first-order valence-electron chi connectivity index (χ1n) is 3.56. The van der Waals surface area contributed by atoms with E-state index in [2.05, 4.69) is 12.2 Å². The number of nitrogens with one attached hydrogen (secondary N) is 2. The van der Waals surface area contributed by atoms with Gasteiger partial charge in [-0.25, -0.2) is 10.1 Å². The molecule has 0 heterocycles. The highest BCUT2D eigenvalue weighted by atomic mass is 16.7. The Morgan fingerprint density at radius 1 is 1.55 bits per heavy atom. The number of hydrogen-bond donors (Lipinski definition) is 2. The van der Waals surface area contributed by atoms with Gasteiger partial charge in [-0.15, -0.1) is 5.43 Å². The summed E-state index contributed by atoms with van der Waals surface area (Å²) in [5.41, 5.74) is 1.90. The molecule has 0 amide bonds. The first-order chi connectivity index (χ1) is 5.27. The van der Waals surface area contributed by atoms with Crippen molar-refractivity contribution in [2.24, 2.45) is 0 Å². The smallest absolute Gasteiger partial charge is 0.162 e. The predicted molar refractivity (Wildman–Crippen MR) is 42.2 cm³/mol. The molecule has 0 fully saturated rings. The minimum atomic E-state index is -0.613. The van der Waals surface area contributed by atoms with Crippen molar-refractivity contribution < 1.29 is 5.03 Å². The zero-order chi connectivity index (χ0) is 8.53. The summed E-state index contributed by atoms with van der Waals surface area (Å²) in [7, 11) is 0. The molecule has 0 aliphatic heterocycles. The zero-order valence-corrected chi connectivity index (χ0v) is 6.54. The molecule has 5 nitrogen and oxygen atoms in total. The highest BCUT2D eigenvalue weighted by Gasteiger charge is 1.82. The van der Waals surface area contributed by atoms with Crippen molar-refractivity contribution >= 4 is 0 Å². The van der Waals surface area contributed by atoms with Crippen LogP contribution in [0.25, 0.3) is 0 Å². The number of hydrogen-bond acceptors (Lipinski definition) is 3. The van der Waals surface area contributed by atoms with Crippen LogP contribution < -0.4 is 10.7 Å². The number of unbranched alkanes of at least 4 members (excludes halogenated alkanes) is 1. The summed E-state index contributed by atoms with van der Waals surface area (Å²) in [5.74, 6) is 0. The minimum Gasteiger partial charge on any atom is -0.390 e. The lowest BCUT2D eigenvalue weighted by molar-refractivity contribution is -0.532. The van der Waals surface area contributed by atoms with Crippen molar-refractivity contribution in [3.63, 3.8) is 0 Å². The van der Waals surface area contributed by atoms with E-state index >= 15 is 0 Å². The second-order valence-electron chi connectivity index (χ2n) is 2.03. The van der Waals surface area contributed by atoms with Gasteiger partial charge < -0.3 is 5.32 Å². The van der Waals surface area contributed by atoms with Gasteiger partial charge in [0, 0.05) is 12.7 Å². The van der Waals surface area contributed by atoms with E-state index in [1.54, 1.807) is 0 Å². The molecule has 11 heavy (non-hydrogen) atoms. The Hall–Kier alpha value is -1.26. The molecule has 0 radical (unpaired) electrons. The Morgan fingerprint density at radius 3 is 2.82 bits per heavy atom. The maximum absolute atomic E-state index is 9.70. The Bertz CT molecular complexity index is 136. The molecular formula is C6H13N3O2. The first kappa shape index (κ1) is 9.74. The van der Waals surface area contributed by atoms with Crippen LogP contribution >= 0.6 is 0 Å². The second-order valence-corrected chi connectivity index (χ2v) is 2.03. The number of rotatable bonds is 6. The summed E-state index contributed by atoms with van der Waals surface area (Å²) in [5, 5.41) is 12.0. The Balaban J connectivity index is 3.10. The lowest BCUT2D eigenvalue weighted by Crippen LogP contribution is -2.16. The normalized spacial score (nSPS) is 9.91. The maximum Gasteiger partial charge on any atom is 0.162 e. The van der Waals surface area contributed by atoms with E-state index in [0.29, 0.717) is 0 Å². The Morgan fingerprint density at radius 2 is 2.27 bits per heavy atom. The van der Waals surface area contributed by atoms with E-state index in [1.165, 1.54) is 12.4 Å². The molecule has 0 aliphatic rings. The summed E-state index contributed by atoms with van der Waals surface area (Å²) >= 11 is 0. The molecular weight excluding hydrogens is 146 g/mol. The van der Waals surface area contributed by atoms with Gasteiger partial charge in [-0.05, 0) is 6.42 Å². The van der Waals surface area contributed by atoms with Gasteiger partial charge in [-0.3, -0.25) is 0 Å². The van der Waals surface area contributed by atoms with Crippen LogP contribution in [0.2, 0.25) is 0 Å². The third-order valence-corrected chi connectivity index (χ3v) is 1.06. The van der Waals surface area contributed by atoms with Crippen molar-refractivity contribution in [1.29, 1.82) is 0 Å².